The van der Waals surface area contributed by atoms with E-state index in [1.54, 1.807) is 0 Å². The zero-order valence-corrected chi connectivity index (χ0v) is 68.7. The fourth-order valence-electron chi connectivity index (χ4n) is 12.8. The number of hydrogen-bond acceptors (Lipinski definition) is 15. The smallest absolute Gasteiger partial charge is 0.462 e. The molecule has 19 heteroatoms. The molecule has 0 amide bonds. The van der Waals surface area contributed by atoms with Crippen LogP contribution >= 0.6 is 15.6 Å². The molecule has 0 aromatic carbocycles. The number of carbonyl (C=O) groups is 4. The van der Waals surface area contributed by atoms with Crippen molar-refractivity contribution in [2.75, 3.05) is 39.6 Å². The Morgan fingerprint density at radius 1 is 0.275 bits per heavy atom. The van der Waals surface area contributed by atoms with E-state index < -0.39 is 97.5 Å². The van der Waals surface area contributed by atoms with Gasteiger partial charge in [0.2, 0.25) is 0 Å². The van der Waals surface area contributed by atoms with Gasteiger partial charge in [0.15, 0.2) is 12.2 Å². The Bertz CT molecular complexity index is 1960. The fourth-order valence-corrected chi connectivity index (χ4v) is 14.4. The lowest BCUT2D eigenvalue weighted by atomic mass is 9.99. The summed E-state index contributed by atoms with van der Waals surface area (Å²) in [5.41, 5.74) is 0. The molecule has 0 spiro atoms. The maximum absolute atomic E-state index is 13.1. The van der Waals surface area contributed by atoms with Crippen molar-refractivity contribution >= 4 is 39.5 Å². The van der Waals surface area contributed by atoms with E-state index in [2.05, 4.69) is 41.5 Å². The van der Waals surface area contributed by atoms with E-state index in [9.17, 15) is 43.2 Å². The predicted octanol–water partition coefficient (Wildman–Crippen LogP) is 25.1. The minimum absolute atomic E-state index is 0.108. The van der Waals surface area contributed by atoms with Crippen molar-refractivity contribution in [2.45, 2.75) is 458 Å². The maximum atomic E-state index is 13.1. The molecule has 102 heavy (non-hydrogen) atoms. The molecule has 0 bridgehead atoms. The van der Waals surface area contributed by atoms with E-state index in [0.29, 0.717) is 25.7 Å². The van der Waals surface area contributed by atoms with Crippen LogP contribution in [0.15, 0.2) is 0 Å². The quantitative estimate of drug-likeness (QED) is 0.0222. The Morgan fingerprint density at radius 2 is 0.471 bits per heavy atom. The summed E-state index contributed by atoms with van der Waals surface area (Å²) in [5, 5.41) is 10.7. The van der Waals surface area contributed by atoms with Crippen LogP contribution in [-0.2, 0) is 65.4 Å². The van der Waals surface area contributed by atoms with Crippen molar-refractivity contribution in [2.24, 2.45) is 11.8 Å². The predicted molar refractivity (Wildman–Crippen MR) is 418 cm³/mol. The van der Waals surface area contributed by atoms with Gasteiger partial charge in [-0.3, -0.25) is 37.3 Å². The van der Waals surface area contributed by atoms with Crippen molar-refractivity contribution < 1.29 is 80.2 Å². The number of phosphoric acid groups is 2. The second kappa shape index (κ2) is 74.5. The van der Waals surface area contributed by atoms with Crippen molar-refractivity contribution in [1.82, 2.24) is 0 Å². The largest absolute Gasteiger partial charge is 0.472 e. The molecule has 0 aliphatic heterocycles. The molecule has 3 N–H and O–H groups in total. The number of unbranched alkanes of at least 4 members (excludes halogenated alkanes) is 50. The number of hydrogen-bond donors (Lipinski definition) is 3. The van der Waals surface area contributed by atoms with Crippen LogP contribution in [0.25, 0.3) is 0 Å². The molecule has 4 unspecified atom stereocenters. The molecule has 0 rings (SSSR count). The Morgan fingerprint density at radius 3 is 0.696 bits per heavy atom. The summed E-state index contributed by atoms with van der Waals surface area (Å²) in [4.78, 5) is 73.1. The van der Waals surface area contributed by atoms with E-state index in [1.165, 1.54) is 257 Å². The van der Waals surface area contributed by atoms with Gasteiger partial charge in [-0.2, -0.15) is 0 Å². The highest BCUT2D eigenvalue weighted by Gasteiger charge is 2.30. The zero-order chi connectivity index (χ0) is 74.9. The molecule has 0 aliphatic rings. The molecule has 17 nitrogen and oxygen atoms in total. The van der Waals surface area contributed by atoms with Crippen LogP contribution in [0.5, 0.6) is 0 Å². The Kier molecular flexibility index (Phi) is 73.1. The average molecular weight is 1490 g/mol. The van der Waals surface area contributed by atoms with Gasteiger partial charge < -0.3 is 33.8 Å². The van der Waals surface area contributed by atoms with Gasteiger partial charge in [-0.05, 0) is 37.5 Å². The maximum Gasteiger partial charge on any atom is 0.472 e. The minimum Gasteiger partial charge on any atom is -0.462 e. The normalized spacial score (nSPS) is 14.4. The summed E-state index contributed by atoms with van der Waals surface area (Å²) in [7, 11) is -9.92. The first-order chi connectivity index (χ1) is 49.4. The van der Waals surface area contributed by atoms with Crippen molar-refractivity contribution in [3.8, 4) is 0 Å². The van der Waals surface area contributed by atoms with Gasteiger partial charge in [0, 0.05) is 25.7 Å². The topological polar surface area (TPSA) is 237 Å². The van der Waals surface area contributed by atoms with E-state index in [4.69, 9.17) is 37.0 Å². The summed E-state index contributed by atoms with van der Waals surface area (Å²) < 4.78 is 68.8. The summed E-state index contributed by atoms with van der Waals surface area (Å²) in [6.45, 7) is 9.75. The number of aliphatic hydroxyl groups is 1. The van der Waals surface area contributed by atoms with Gasteiger partial charge in [0.25, 0.3) is 0 Å². The molecule has 0 aromatic rings. The van der Waals surface area contributed by atoms with Gasteiger partial charge in [-0.25, -0.2) is 9.13 Å². The van der Waals surface area contributed by atoms with Crippen molar-refractivity contribution in [3.63, 3.8) is 0 Å². The van der Waals surface area contributed by atoms with Crippen LogP contribution in [0.1, 0.15) is 440 Å². The highest BCUT2D eigenvalue weighted by molar-refractivity contribution is 7.47. The molecular formula is C83H162O17P2. The second-order valence-corrected chi connectivity index (χ2v) is 33.3. The molecule has 606 valence electrons. The Hall–Kier alpha value is -1.94. The van der Waals surface area contributed by atoms with Crippen LogP contribution in [0.2, 0.25) is 0 Å². The van der Waals surface area contributed by atoms with Crippen molar-refractivity contribution in [1.29, 1.82) is 0 Å². The molecule has 0 saturated carbocycles. The standard InChI is InChI=1S/C83H162O17P2/c1-7-11-13-15-17-19-20-21-22-23-24-32-37-43-49-55-61-67-82(87)99-78(71-93-80(85)65-59-53-47-39-18-16-14-12-8-2)73-97-101(89,90)95-69-77(84)70-96-102(91,92)98-74-79(100-83(88)68-62-56-50-44-38-33-28-26-30-35-41-46-52-58-64-76(6)10-4)72-94-81(86)66-60-54-48-42-36-31-27-25-29-34-40-45-51-57-63-75(5)9-3/h75-79,84H,7-74H2,1-6H3,(H,89,90)(H,91,92)/t75?,76?,77-,78+,79+/m0/s1. The molecule has 0 aromatic heterocycles. The van der Waals surface area contributed by atoms with Crippen LogP contribution in [-0.4, -0.2) is 96.7 Å². The Balaban J connectivity index is 5.23. The first-order valence-corrected chi connectivity index (χ1v) is 46.1. The average Bonchev–Trinajstić information content (AvgIpc) is 0.911. The van der Waals surface area contributed by atoms with Crippen LogP contribution in [0.3, 0.4) is 0 Å². The van der Waals surface area contributed by atoms with Crippen molar-refractivity contribution in [3.05, 3.63) is 0 Å². The molecule has 0 radical (unpaired) electrons. The van der Waals surface area contributed by atoms with Crippen LogP contribution in [0.4, 0.5) is 0 Å². The summed E-state index contributed by atoms with van der Waals surface area (Å²) in [5.74, 6) is -0.410. The van der Waals surface area contributed by atoms with E-state index in [-0.39, 0.29) is 25.7 Å². The number of phosphoric ester groups is 2. The number of carbonyl (C=O) groups excluding carboxylic acids is 4. The van der Waals surface area contributed by atoms with Gasteiger partial charge in [0.1, 0.15) is 19.3 Å². The van der Waals surface area contributed by atoms with E-state index >= 15 is 0 Å². The SMILES string of the molecule is CCCCCCCCCCCCCCCCCCCC(=O)O[C@H](COC(=O)CCCCCCCCCCC)COP(=O)(O)OC[C@H](O)COP(=O)(O)OC[C@@H](COC(=O)CCCCCCCCCCCCCCCCC(C)CC)OC(=O)CCCCCCCCCCCCCCCCC(C)CC. The first-order valence-electron chi connectivity index (χ1n) is 43.1. The summed E-state index contributed by atoms with van der Waals surface area (Å²) in [6.07, 6.45) is 65.0. The third-order valence-corrected chi connectivity index (χ3v) is 22.1. The molecular weight excluding hydrogens is 1330 g/mol. The summed E-state index contributed by atoms with van der Waals surface area (Å²) >= 11 is 0. The van der Waals surface area contributed by atoms with Gasteiger partial charge in [0.05, 0.1) is 26.4 Å². The monoisotopic (exact) mass is 1490 g/mol. The van der Waals surface area contributed by atoms with E-state index in [1.807, 2.05) is 0 Å². The molecule has 0 heterocycles. The lowest BCUT2D eigenvalue weighted by Gasteiger charge is -2.21. The molecule has 0 aliphatic carbocycles. The highest BCUT2D eigenvalue weighted by Crippen LogP contribution is 2.45. The number of aliphatic hydroxyl groups excluding tert-OH is 1. The highest BCUT2D eigenvalue weighted by atomic mass is 31.2. The van der Waals surface area contributed by atoms with Crippen LogP contribution < -0.4 is 0 Å². The van der Waals surface area contributed by atoms with Crippen LogP contribution in [0, 0.1) is 11.8 Å². The number of rotatable bonds is 82. The Labute approximate surface area is 626 Å². The molecule has 0 saturated heterocycles. The zero-order valence-electron chi connectivity index (χ0n) is 66.9. The lowest BCUT2D eigenvalue weighted by molar-refractivity contribution is -0.161. The minimum atomic E-state index is -4.96. The van der Waals surface area contributed by atoms with Gasteiger partial charge in [-0.1, -0.05) is 388 Å². The van der Waals surface area contributed by atoms with Gasteiger partial charge in [-0.15, -0.1) is 0 Å². The summed E-state index contributed by atoms with van der Waals surface area (Å²) in [6, 6.07) is 0. The van der Waals surface area contributed by atoms with Gasteiger partial charge >= 0.3 is 39.5 Å². The van der Waals surface area contributed by atoms with E-state index in [0.717, 1.165) is 102 Å². The third-order valence-electron chi connectivity index (χ3n) is 20.2. The first kappa shape index (κ1) is 100. The number of esters is 4. The lowest BCUT2D eigenvalue weighted by Crippen LogP contribution is -2.30. The molecule has 0 fully saturated rings. The second-order valence-electron chi connectivity index (χ2n) is 30.4. The number of ether oxygens (including phenoxy) is 4. The molecule has 7 atom stereocenters. The third kappa shape index (κ3) is 73.6. The fraction of sp³-hybridized carbons (Fsp3) is 0.952.